The monoisotopic (exact) mass is 537 g/mol. The first-order valence-electron chi connectivity index (χ1n) is 12.4. The highest BCUT2D eigenvalue weighted by Gasteiger charge is 2.30. The quantitative estimate of drug-likeness (QED) is 0.358. The highest BCUT2D eigenvalue weighted by molar-refractivity contribution is 7.89. The number of hydrogen-bond acceptors (Lipinski definition) is 6. The zero-order valence-corrected chi connectivity index (χ0v) is 22.0. The number of sulfonamides is 1. The van der Waals surface area contributed by atoms with Crippen molar-refractivity contribution >= 4 is 27.0 Å². The molecule has 1 aliphatic rings. The van der Waals surface area contributed by atoms with E-state index in [-0.39, 0.29) is 49.3 Å². The number of aromatic nitrogens is 3. The van der Waals surface area contributed by atoms with Crippen molar-refractivity contribution in [2.75, 3.05) is 32.8 Å². The lowest BCUT2D eigenvalue weighted by molar-refractivity contribution is -0.133. The maximum atomic E-state index is 13.4. The molecule has 1 fully saturated rings. The van der Waals surface area contributed by atoms with Gasteiger partial charge >= 0.3 is 0 Å². The fraction of sp³-hybridized carbons (Fsp3) is 0.296. The number of nitrogens with zero attached hydrogens (tertiary/aromatic N) is 5. The number of piperazine rings is 1. The first-order chi connectivity index (χ1) is 18.3. The minimum atomic E-state index is -3.67. The first-order valence-corrected chi connectivity index (χ1v) is 13.8. The summed E-state index contributed by atoms with van der Waals surface area (Å²) in [5.74, 6) is 0.133. The van der Waals surface area contributed by atoms with E-state index in [9.17, 15) is 17.6 Å². The zero-order valence-electron chi connectivity index (χ0n) is 21.2. The number of rotatable bonds is 7. The van der Waals surface area contributed by atoms with Crippen LogP contribution in [0.15, 0.2) is 65.7 Å². The Morgan fingerprint density at radius 1 is 1.00 bits per heavy atom. The van der Waals surface area contributed by atoms with Crippen LogP contribution < -0.4 is 4.74 Å². The molecule has 0 N–H and O–H groups in total. The van der Waals surface area contributed by atoms with Gasteiger partial charge in [-0.15, -0.1) is 0 Å². The van der Waals surface area contributed by atoms with Crippen molar-refractivity contribution in [3.05, 3.63) is 72.3 Å². The number of halogens is 1. The van der Waals surface area contributed by atoms with Gasteiger partial charge in [0.1, 0.15) is 18.1 Å². The molecule has 1 amide bonds. The highest BCUT2D eigenvalue weighted by atomic mass is 32.2. The summed E-state index contributed by atoms with van der Waals surface area (Å²) in [6.45, 7) is 5.16. The average molecular weight is 538 g/mol. The van der Waals surface area contributed by atoms with Gasteiger partial charge in [-0.3, -0.25) is 4.79 Å². The lowest BCUT2D eigenvalue weighted by Crippen LogP contribution is -2.51. The van der Waals surface area contributed by atoms with Crippen molar-refractivity contribution in [3.63, 3.8) is 0 Å². The van der Waals surface area contributed by atoms with Gasteiger partial charge < -0.3 is 9.64 Å². The second-order valence-electron chi connectivity index (χ2n) is 9.00. The van der Waals surface area contributed by atoms with Crippen LogP contribution in [-0.4, -0.2) is 71.1 Å². The molecule has 0 unspecified atom stereocenters. The molecule has 0 radical (unpaired) electrons. The second-order valence-corrected chi connectivity index (χ2v) is 10.9. The Morgan fingerprint density at radius 3 is 2.34 bits per heavy atom. The summed E-state index contributed by atoms with van der Waals surface area (Å²) in [6.07, 6.45) is 1.65. The average Bonchev–Trinajstić information content (AvgIpc) is 3.25. The SMILES string of the molecule is CCOc1ccc(S(=O)(=O)N2CCN(C(=O)Cn3nc(C)c4c(-c5ccc(F)cc5)ccnc43)CC2)cc1. The number of pyridine rings is 1. The van der Waals surface area contributed by atoms with E-state index in [2.05, 4.69) is 10.1 Å². The number of ether oxygens (including phenoxy) is 1. The van der Waals surface area contributed by atoms with Crippen LogP contribution in [0, 0.1) is 12.7 Å². The standard InChI is InChI=1S/C27H28FN5O4S/c1-3-37-22-8-10-23(11-9-22)38(35,36)32-16-14-31(15-17-32)25(34)18-33-27-26(19(2)30-33)24(12-13-29-27)20-4-6-21(28)7-5-20/h4-13H,3,14-18H2,1-2H3. The van der Waals surface area contributed by atoms with Crippen molar-refractivity contribution in [1.82, 2.24) is 24.0 Å². The normalized spacial score (nSPS) is 14.7. The summed E-state index contributed by atoms with van der Waals surface area (Å²) in [4.78, 5) is 19.5. The molecular formula is C27H28FN5O4S. The Bertz CT molecular complexity index is 1560. The van der Waals surface area contributed by atoms with Gasteiger partial charge in [-0.2, -0.15) is 9.40 Å². The van der Waals surface area contributed by atoms with Crippen LogP contribution in [0.25, 0.3) is 22.2 Å². The van der Waals surface area contributed by atoms with Crippen molar-refractivity contribution in [2.24, 2.45) is 0 Å². The Balaban J connectivity index is 1.28. The number of benzene rings is 2. The van der Waals surface area contributed by atoms with Gasteiger partial charge in [0.25, 0.3) is 0 Å². The van der Waals surface area contributed by atoms with Gasteiger partial charge in [0.05, 0.1) is 17.2 Å². The van der Waals surface area contributed by atoms with E-state index in [1.807, 2.05) is 19.9 Å². The first kappa shape index (κ1) is 25.8. The molecule has 1 saturated heterocycles. The van der Waals surface area contributed by atoms with Gasteiger partial charge in [0, 0.05) is 37.8 Å². The molecule has 0 spiro atoms. The van der Waals surface area contributed by atoms with Crippen molar-refractivity contribution in [3.8, 4) is 16.9 Å². The van der Waals surface area contributed by atoms with Gasteiger partial charge in [-0.05, 0) is 67.4 Å². The van der Waals surface area contributed by atoms with Gasteiger partial charge in [0.15, 0.2) is 5.65 Å². The Labute approximate surface area is 220 Å². The number of aryl methyl sites for hydroxylation is 1. The summed E-state index contributed by atoms with van der Waals surface area (Å²) in [5, 5.41) is 5.36. The third-order valence-corrected chi connectivity index (χ3v) is 8.52. The molecule has 9 nitrogen and oxygen atoms in total. The summed E-state index contributed by atoms with van der Waals surface area (Å²) in [6, 6.07) is 14.4. The summed E-state index contributed by atoms with van der Waals surface area (Å²) >= 11 is 0. The van der Waals surface area contributed by atoms with E-state index in [0.717, 1.165) is 16.5 Å². The van der Waals surface area contributed by atoms with Crippen LogP contribution in [0.4, 0.5) is 4.39 Å². The summed E-state index contributed by atoms with van der Waals surface area (Å²) < 4.78 is 47.9. The molecule has 38 heavy (non-hydrogen) atoms. The summed E-state index contributed by atoms with van der Waals surface area (Å²) in [7, 11) is -3.67. The number of carbonyl (C=O) groups is 1. The van der Waals surface area contributed by atoms with E-state index < -0.39 is 10.0 Å². The van der Waals surface area contributed by atoms with Crippen LogP contribution in [0.5, 0.6) is 5.75 Å². The van der Waals surface area contributed by atoms with Gasteiger partial charge in [-0.25, -0.2) is 22.5 Å². The summed E-state index contributed by atoms with van der Waals surface area (Å²) in [5.41, 5.74) is 2.97. The third kappa shape index (κ3) is 4.99. The smallest absolute Gasteiger partial charge is 0.244 e. The molecule has 0 bridgehead atoms. The molecule has 1 aliphatic heterocycles. The van der Waals surface area contributed by atoms with E-state index in [4.69, 9.17) is 4.74 Å². The topological polar surface area (TPSA) is 97.6 Å². The van der Waals surface area contributed by atoms with Gasteiger partial charge in [0.2, 0.25) is 15.9 Å². The van der Waals surface area contributed by atoms with E-state index in [1.165, 1.54) is 28.6 Å². The van der Waals surface area contributed by atoms with Crippen LogP contribution in [-0.2, 0) is 21.4 Å². The molecule has 2 aromatic carbocycles. The van der Waals surface area contributed by atoms with Gasteiger partial charge in [-0.1, -0.05) is 12.1 Å². The minimum absolute atomic E-state index is 0.0180. The minimum Gasteiger partial charge on any atom is -0.494 e. The number of fused-ring (bicyclic) bond motifs is 1. The van der Waals surface area contributed by atoms with Crippen LogP contribution in [0.3, 0.4) is 0 Å². The molecule has 3 heterocycles. The Hall–Kier alpha value is -3.83. The molecule has 11 heteroatoms. The van der Waals surface area contributed by atoms with E-state index in [1.54, 1.807) is 40.0 Å². The molecule has 198 valence electrons. The number of carbonyl (C=O) groups excluding carboxylic acids is 1. The fourth-order valence-electron chi connectivity index (χ4n) is 4.69. The van der Waals surface area contributed by atoms with Crippen LogP contribution >= 0.6 is 0 Å². The molecule has 4 aromatic rings. The van der Waals surface area contributed by atoms with E-state index in [0.29, 0.717) is 23.7 Å². The molecule has 0 aliphatic carbocycles. The van der Waals surface area contributed by atoms with Crippen molar-refractivity contribution < 1.29 is 22.3 Å². The lowest BCUT2D eigenvalue weighted by Gasteiger charge is -2.34. The van der Waals surface area contributed by atoms with Crippen molar-refractivity contribution in [2.45, 2.75) is 25.3 Å². The third-order valence-electron chi connectivity index (χ3n) is 6.61. The maximum absolute atomic E-state index is 13.4. The maximum Gasteiger partial charge on any atom is 0.244 e. The van der Waals surface area contributed by atoms with Crippen LogP contribution in [0.1, 0.15) is 12.6 Å². The largest absolute Gasteiger partial charge is 0.494 e. The fourth-order valence-corrected chi connectivity index (χ4v) is 6.11. The lowest BCUT2D eigenvalue weighted by atomic mass is 10.0. The van der Waals surface area contributed by atoms with E-state index >= 15 is 0 Å². The van der Waals surface area contributed by atoms with Crippen LogP contribution in [0.2, 0.25) is 0 Å². The highest BCUT2D eigenvalue weighted by Crippen LogP contribution is 2.30. The molecule has 0 atom stereocenters. The molecule has 0 saturated carbocycles. The Morgan fingerprint density at radius 2 is 1.68 bits per heavy atom. The number of hydrogen-bond donors (Lipinski definition) is 0. The zero-order chi connectivity index (χ0) is 26.9. The molecule has 2 aromatic heterocycles. The molecular weight excluding hydrogens is 509 g/mol. The predicted octanol–water partition coefficient (Wildman–Crippen LogP) is 3.48. The molecule has 5 rings (SSSR count). The predicted molar refractivity (Wildman–Crippen MR) is 141 cm³/mol. The number of amides is 1. The Kier molecular flexibility index (Phi) is 7.13. The second kappa shape index (κ2) is 10.5. The van der Waals surface area contributed by atoms with Crippen molar-refractivity contribution in [1.29, 1.82) is 0 Å².